The van der Waals surface area contributed by atoms with Crippen molar-refractivity contribution in [1.82, 2.24) is 5.32 Å². The van der Waals surface area contributed by atoms with Crippen molar-refractivity contribution in [3.8, 4) is 0 Å². The van der Waals surface area contributed by atoms with E-state index in [0.717, 1.165) is 5.88 Å². The first-order valence-corrected chi connectivity index (χ1v) is 4.54. The zero-order valence-corrected chi connectivity index (χ0v) is 6.26. The minimum atomic E-state index is 1.13. The zero-order valence-electron chi connectivity index (χ0n) is 5.44. The van der Waals surface area contributed by atoms with Crippen LogP contribution in [0.25, 0.3) is 0 Å². The first kappa shape index (κ1) is 5.66. The van der Waals surface area contributed by atoms with Gasteiger partial charge in [0, 0.05) is 10.6 Å². The van der Waals surface area contributed by atoms with E-state index in [2.05, 4.69) is 5.32 Å². The van der Waals surface area contributed by atoms with Crippen LogP contribution in [0.1, 0.15) is 25.7 Å². The number of hydrogen-bond acceptors (Lipinski definition) is 2. The first-order valence-electron chi connectivity index (χ1n) is 3.55. The molecule has 50 valence electrons. The summed E-state index contributed by atoms with van der Waals surface area (Å²) in [6.07, 6.45) is 5.45. The minimum absolute atomic E-state index is 1.13. The summed E-state index contributed by atoms with van der Waals surface area (Å²) in [5, 5.41) is 3.40. The molecule has 0 saturated carbocycles. The molecule has 0 radical (unpaired) electrons. The summed E-state index contributed by atoms with van der Waals surface area (Å²) in [6, 6.07) is 0. The number of thioether (sulfide) groups is 1. The maximum Gasteiger partial charge on any atom is 0.0651 e. The van der Waals surface area contributed by atoms with Gasteiger partial charge in [0.15, 0.2) is 0 Å². The molecule has 9 heavy (non-hydrogen) atoms. The highest BCUT2D eigenvalue weighted by molar-refractivity contribution is 8.03. The second kappa shape index (κ2) is 2.25. The Kier molecular flexibility index (Phi) is 1.42. The molecule has 1 aliphatic carbocycles. The number of hydrogen-bond donors (Lipinski definition) is 1. The molecule has 0 unspecified atom stereocenters. The summed E-state index contributed by atoms with van der Waals surface area (Å²) in [7, 11) is 0. The molecule has 0 aromatic heterocycles. The van der Waals surface area contributed by atoms with Crippen molar-refractivity contribution in [1.29, 1.82) is 0 Å². The number of allylic oxidation sites excluding steroid dienone is 2. The van der Waals surface area contributed by atoms with Crippen LogP contribution in [0, 0.1) is 0 Å². The monoisotopic (exact) mass is 141 g/mol. The van der Waals surface area contributed by atoms with Gasteiger partial charge < -0.3 is 5.32 Å². The molecule has 0 aromatic rings. The van der Waals surface area contributed by atoms with Gasteiger partial charge in [-0.15, -0.1) is 11.8 Å². The van der Waals surface area contributed by atoms with Gasteiger partial charge in [-0.1, -0.05) is 0 Å². The Bertz CT molecular complexity index is 135. The van der Waals surface area contributed by atoms with Crippen LogP contribution >= 0.6 is 11.8 Å². The Labute approximate surface area is 59.9 Å². The summed E-state index contributed by atoms with van der Waals surface area (Å²) < 4.78 is 0. The molecule has 0 amide bonds. The van der Waals surface area contributed by atoms with E-state index in [1.165, 1.54) is 25.7 Å². The largest absolute Gasteiger partial charge is 0.378 e. The molecule has 1 nitrogen and oxygen atoms in total. The van der Waals surface area contributed by atoms with Crippen LogP contribution in [0.3, 0.4) is 0 Å². The normalized spacial score (nSPS) is 25.8. The molecule has 0 fully saturated rings. The van der Waals surface area contributed by atoms with Gasteiger partial charge in [-0.05, 0) is 25.7 Å². The lowest BCUT2D eigenvalue weighted by atomic mass is 10.1. The van der Waals surface area contributed by atoms with Crippen LogP contribution in [0.4, 0.5) is 0 Å². The fourth-order valence-electron chi connectivity index (χ4n) is 1.43. The number of rotatable bonds is 0. The van der Waals surface area contributed by atoms with Crippen LogP contribution in [0.15, 0.2) is 10.6 Å². The maximum atomic E-state index is 3.40. The van der Waals surface area contributed by atoms with E-state index in [9.17, 15) is 0 Å². The molecule has 1 aliphatic heterocycles. The van der Waals surface area contributed by atoms with Gasteiger partial charge >= 0.3 is 0 Å². The zero-order chi connectivity index (χ0) is 6.10. The molecule has 0 saturated heterocycles. The summed E-state index contributed by atoms with van der Waals surface area (Å²) in [5.74, 6) is 1.13. The van der Waals surface area contributed by atoms with E-state index in [4.69, 9.17) is 0 Å². The van der Waals surface area contributed by atoms with Crippen molar-refractivity contribution < 1.29 is 0 Å². The Balaban J connectivity index is 2.17. The minimum Gasteiger partial charge on any atom is -0.378 e. The quantitative estimate of drug-likeness (QED) is 0.554. The predicted molar refractivity (Wildman–Crippen MR) is 41.1 cm³/mol. The Hall–Kier alpha value is -0.110. The molecule has 0 atom stereocenters. The predicted octanol–water partition coefficient (Wildman–Crippen LogP) is 2.07. The molecule has 2 heteroatoms. The standard InChI is InChI=1S/C7H11NS/c1-2-4-7-6(3-1)8-5-9-7/h8H,1-5H2. The second-order valence-corrected chi connectivity index (χ2v) is 3.64. The average molecular weight is 141 g/mol. The summed E-state index contributed by atoms with van der Waals surface area (Å²) in [4.78, 5) is 1.64. The Morgan fingerprint density at radius 2 is 2.11 bits per heavy atom. The van der Waals surface area contributed by atoms with E-state index in [1.807, 2.05) is 11.8 Å². The van der Waals surface area contributed by atoms with Crippen molar-refractivity contribution in [2.45, 2.75) is 25.7 Å². The van der Waals surface area contributed by atoms with Crippen LogP contribution in [0.2, 0.25) is 0 Å². The highest BCUT2D eigenvalue weighted by Crippen LogP contribution is 2.35. The van der Waals surface area contributed by atoms with Crippen molar-refractivity contribution in [2.24, 2.45) is 0 Å². The molecule has 2 aliphatic rings. The van der Waals surface area contributed by atoms with Crippen LogP contribution in [-0.2, 0) is 0 Å². The molecule has 2 rings (SSSR count). The third kappa shape index (κ3) is 0.960. The molecule has 1 N–H and O–H groups in total. The second-order valence-electron chi connectivity index (χ2n) is 2.57. The van der Waals surface area contributed by atoms with Crippen LogP contribution in [-0.4, -0.2) is 5.88 Å². The summed E-state index contributed by atoms with van der Waals surface area (Å²) in [6.45, 7) is 0. The lowest BCUT2D eigenvalue weighted by molar-refractivity contribution is 0.666. The van der Waals surface area contributed by atoms with Crippen LogP contribution < -0.4 is 5.32 Å². The van der Waals surface area contributed by atoms with E-state index in [-0.39, 0.29) is 0 Å². The van der Waals surface area contributed by atoms with E-state index in [0.29, 0.717) is 0 Å². The van der Waals surface area contributed by atoms with Crippen molar-refractivity contribution >= 4 is 11.8 Å². The van der Waals surface area contributed by atoms with Gasteiger partial charge in [0.2, 0.25) is 0 Å². The van der Waals surface area contributed by atoms with E-state index >= 15 is 0 Å². The lowest BCUT2D eigenvalue weighted by Gasteiger charge is -2.11. The molecule has 1 heterocycles. The Morgan fingerprint density at radius 1 is 1.22 bits per heavy atom. The van der Waals surface area contributed by atoms with Crippen molar-refractivity contribution in [3.63, 3.8) is 0 Å². The topological polar surface area (TPSA) is 12.0 Å². The lowest BCUT2D eigenvalue weighted by Crippen LogP contribution is -2.08. The third-order valence-electron chi connectivity index (χ3n) is 1.95. The summed E-state index contributed by atoms with van der Waals surface area (Å²) in [5.41, 5.74) is 1.55. The van der Waals surface area contributed by atoms with Crippen molar-refractivity contribution in [2.75, 3.05) is 5.88 Å². The average Bonchev–Trinajstić information content (AvgIpc) is 2.33. The maximum absolute atomic E-state index is 3.40. The van der Waals surface area contributed by atoms with Gasteiger partial charge in [0.1, 0.15) is 0 Å². The molecule has 0 bridgehead atoms. The molecule has 0 spiro atoms. The Morgan fingerprint density at radius 3 is 3.00 bits per heavy atom. The van der Waals surface area contributed by atoms with Gasteiger partial charge in [-0.3, -0.25) is 0 Å². The summed E-state index contributed by atoms with van der Waals surface area (Å²) >= 11 is 1.99. The SMILES string of the molecule is C1CCC2=C(C1)NCS2. The van der Waals surface area contributed by atoms with Gasteiger partial charge in [-0.25, -0.2) is 0 Å². The highest BCUT2D eigenvalue weighted by atomic mass is 32.2. The molecular weight excluding hydrogens is 130 g/mol. The highest BCUT2D eigenvalue weighted by Gasteiger charge is 2.16. The van der Waals surface area contributed by atoms with Crippen molar-refractivity contribution in [3.05, 3.63) is 10.6 Å². The fraction of sp³-hybridized carbons (Fsp3) is 0.714. The van der Waals surface area contributed by atoms with Gasteiger partial charge in [0.05, 0.1) is 5.88 Å². The fourth-order valence-corrected chi connectivity index (χ4v) is 2.49. The first-order chi connectivity index (χ1) is 4.47. The number of nitrogens with one attached hydrogen (secondary N) is 1. The van der Waals surface area contributed by atoms with E-state index in [1.54, 1.807) is 10.6 Å². The van der Waals surface area contributed by atoms with E-state index < -0.39 is 0 Å². The van der Waals surface area contributed by atoms with Gasteiger partial charge in [0.25, 0.3) is 0 Å². The van der Waals surface area contributed by atoms with Gasteiger partial charge in [-0.2, -0.15) is 0 Å². The molecule has 0 aromatic carbocycles. The smallest absolute Gasteiger partial charge is 0.0651 e. The van der Waals surface area contributed by atoms with Crippen LogP contribution in [0.5, 0.6) is 0 Å². The molecular formula is C7H11NS. The third-order valence-corrected chi connectivity index (χ3v) is 3.04.